The van der Waals surface area contributed by atoms with Crippen molar-refractivity contribution in [3.8, 4) is 0 Å². The van der Waals surface area contributed by atoms with Crippen molar-refractivity contribution in [2.24, 2.45) is 0 Å². The van der Waals surface area contributed by atoms with E-state index in [1.807, 2.05) is 6.92 Å². The van der Waals surface area contributed by atoms with Gasteiger partial charge in [0.1, 0.15) is 11.6 Å². The topological polar surface area (TPSA) is 21.3 Å². The smallest absolute Gasteiger partial charge is 0.149 e. The molecule has 0 aliphatic carbocycles. The first-order chi connectivity index (χ1) is 7.13. The van der Waals surface area contributed by atoms with Gasteiger partial charge < -0.3 is 10.1 Å². The molecule has 4 heteroatoms. The van der Waals surface area contributed by atoms with Crippen molar-refractivity contribution in [3.63, 3.8) is 0 Å². The Hall–Kier alpha value is -1.16. The van der Waals surface area contributed by atoms with Crippen LogP contribution in [0.15, 0.2) is 18.2 Å². The molecule has 0 aromatic heterocycles. The summed E-state index contributed by atoms with van der Waals surface area (Å²) in [4.78, 5) is 0. The molecular formula is C11H15F2NO. The minimum Gasteiger partial charge on any atom is -0.385 e. The van der Waals surface area contributed by atoms with E-state index in [2.05, 4.69) is 5.32 Å². The van der Waals surface area contributed by atoms with Crippen molar-refractivity contribution >= 4 is 5.69 Å². The molecule has 0 saturated carbocycles. The van der Waals surface area contributed by atoms with E-state index in [-0.39, 0.29) is 6.04 Å². The van der Waals surface area contributed by atoms with Crippen LogP contribution in [0.4, 0.5) is 14.5 Å². The van der Waals surface area contributed by atoms with E-state index in [1.165, 1.54) is 12.1 Å². The van der Waals surface area contributed by atoms with Crippen LogP contribution in [0.3, 0.4) is 0 Å². The second kappa shape index (κ2) is 5.66. The minimum absolute atomic E-state index is 0.0879. The van der Waals surface area contributed by atoms with Gasteiger partial charge in [0.25, 0.3) is 0 Å². The third-order valence-corrected chi connectivity index (χ3v) is 2.09. The lowest BCUT2D eigenvalue weighted by Crippen LogP contribution is -2.17. The number of hydrogen-bond acceptors (Lipinski definition) is 2. The van der Waals surface area contributed by atoms with Gasteiger partial charge in [-0.15, -0.1) is 0 Å². The predicted octanol–water partition coefficient (Wildman–Crippen LogP) is 2.80. The molecule has 1 rings (SSSR count). The molecule has 0 bridgehead atoms. The standard InChI is InChI=1S/C11H15F2NO/c1-8(5-6-15-2)14-11-4-3-9(12)7-10(11)13/h3-4,7-8,14H,5-6H2,1-2H3. The lowest BCUT2D eigenvalue weighted by Gasteiger charge is -2.15. The number of hydrogen-bond donors (Lipinski definition) is 1. The summed E-state index contributed by atoms with van der Waals surface area (Å²) in [6, 6.07) is 3.58. The van der Waals surface area contributed by atoms with Gasteiger partial charge in [0.2, 0.25) is 0 Å². The molecule has 0 saturated heterocycles. The maximum atomic E-state index is 13.2. The predicted molar refractivity (Wildman–Crippen MR) is 55.9 cm³/mol. The summed E-state index contributed by atoms with van der Waals surface area (Å²) < 4.78 is 30.7. The quantitative estimate of drug-likeness (QED) is 0.815. The highest BCUT2D eigenvalue weighted by Gasteiger charge is 2.06. The number of benzene rings is 1. The van der Waals surface area contributed by atoms with Crippen molar-refractivity contribution in [2.45, 2.75) is 19.4 Å². The van der Waals surface area contributed by atoms with Crippen molar-refractivity contribution in [1.82, 2.24) is 0 Å². The Morgan fingerprint density at radius 3 is 2.73 bits per heavy atom. The third kappa shape index (κ3) is 3.83. The Morgan fingerprint density at radius 2 is 2.13 bits per heavy atom. The number of halogens is 2. The number of ether oxygens (including phenoxy) is 1. The van der Waals surface area contributed by atoms with E-state index in [0.717, 1.165) is 12.5 Å². The van der Waals surface area contributed by atoms with Crippen LogP contribution in [0.2, 0.25) is 0 Å². The summed E-state index contributed by atoms with van der Waals surface area (Å²) in [5.74, 6) is -1.14. The Labute approximate surface area is 88.3 Å². The van der Waals surface area contributed by atoms with Gasteiger partial charge in [-0.25, -0.2) is 8.78 Å². The fourth-order valence-electron chi connectivity index (χ4n) is 1.24. The van der Waals surface area contributed by atoms with E-state index in [9.17, 15) is 8.78 Å². The van der Waals surface area contributed by atoms with Gasteiger partial charge in [0.15, 0.2) is 0 Å². The number of nitrogens with one attached hydrogen (secondary N) is 1. The minimum atomic E-state index is -0.570. The summed E-state index contributed by atoms with van der Waals surface area (Å²) in [7, 11) is 1.62. The molecule has 0 heterocycles. The molecule has 1 aromatic carbocycles. The largest absolute Gasteiger partial charge is 0.385 e. The first-order valence-electron chi connectivity index (χ1n) is 4.84. The SMILES string of the molecule is COCCC(C)Nc1ccc(F)cc1F. The number of rotatable bonds is 5. The third-order valence-electron chi connectivity index (χ3n) is 2.09. The molecule has 0 amide bonds. The van der Waals surface area contributed by atoms with Gasteiger partial charge in [-0.2, -0.15) is 0 Å². The van der Waals surface area contributed by atoms with Gasteiger partial charge in [-0.1, -0.05) is 0 Å². The highest BCUT2D eigenvalue weighted by Crippen LogP contribution is 2.16. The Bertz CT molecular complexity index is 317. The fraction of sp³-hybridized carbons (Fsp3) is 0.455. The summed E-state index contributed by atoms with van der Waals surface area (Å²) in [6.07, 6.45) is 0.771. The maximum absolute atomic E-state index is 13.2. The molecule has 0 radical (unpaired) electrons. The van der Waals surface area contributed by atoms with Crippen molar-refractivity contribution < 1.29 is 13.5 Å². The summed E-state index contributed by atoms with van der Waals surface area (Å²) in [6.45, 7) is 2.53. The monoisotopic (exact) mass is 215 g/mol. The molecule has 1 atom stereocenters. The van der Waals surface area contributed by atoms with Crippen LogP contribution in [-0.4, -0.2) is 19.8 Å². The van der Waals surface area contributed by atoms with Crippen LogP contribution in [0.25, 0.3) is 0 Å². The Morgan fingerprint density at radius 1 is 1.40 bits per heavy atom. The van der Waals surface area contributed by atoms with Crippen LogP contribution >= 0.6 is 0 Å². The van der Waals surface area contributed by atoms with Gasteiger partial charge >= 0.3 is 0 Å². The lowest BCUT2D eigenvalue weighted by atomic mass is 10.2. The van der Waals surface area contributed by atoms with Crippen LogP contribution < -0.4 is 5.32 Å². The Balaban J connectivity index is 2.56. The molecule has 2 nitrogen and oxygen atoms in total. The molecule has 1 unspecified atom stereocenters. The normalized spacial score (nSPS) is 12.5. The molecule has 0 aliphatic rings. The van der Waals surface area contributed by atoms with Crippen LogP contribution in [0.5, 0.6) is 0 Å². The summed E-state index contributed by atoms with van der Waals surface area (Å²) >= 11 is 0. The van der Waals surface area contributed by atoms with Gasteiger partial charge in [0, 0.05) is 25.8 Å². The zero-order valence-corrected chi connectivity index (χ0v) is 8.89. The van der Waals surface area contributed by atoms with E-state index in [0.29, 0.717) is 12.3 Å². The first-order valence-corrected chi connectivity index (χ1v) is 4.84. The number of anilines is 1. The van der Waals surface area contributed by atoms with Crippen LogP contribution in [0, 0.1) is 11.6 Å². The number of methoxy groups -OCH3 is 1. The zero-order valence-electron chi connectivity index (χ0n) is 8.89. The summed E-state index contributed by atoms with van der Waals surface area (Å²) in [5.41, 5.74) is 0.319. The van der Waals surface area contributed by atoms with Crippen molar-refractivity contribution in [3.05, 3.63) is 29.8 Å². The average Bonchev–Trinajstić information content (AvgIpc) is 2.19. The highest BCUT2D eigenvalue weighted by atomic mass is 19.1. The van der Waals surface area contributed by atoms with Crippen molar-refractivity contribution in [1.29, 1.82) is 0 Å². The highest BCUT2D eigenvalue weighted by molar-refractivity contribution is 5.45. The van der Waals surface area contributed by atoms with E-state index in [4.69, 9.17) is 4.74 Å². The zero-order chi connectivity index (χ0) is 11.3. The molecule has 0 aliphatic heterocycles. The molecule has 0 fully saturated rings. The van der Waals surface area contributed by atoms with Gasteiger partial charge in [-0.05, 0) is 25.5 Å². The van der Waals surface area contributed by atoms with Gasteiger partial charge in [-0.3, -0.25) is 0 Å². The van der Waals surface area contributed by atoms with E-state index in [1.54, 1.807) is 7.11 Å². The maximum Gasteiger partial charge on any atom is 0.149 e. The molecule has 0 spiro atoms. The molecule has 84 valence electrons. The Kier molecular flexibility index (Phi) is 4.49. The second-order valence-corrected chi connectivity index (χ2v) is 3.45. The van der Waals surface area contributed by atoms with E-state index >= 15 is 0 Å². The molecular weight excluding hydrogens is 200 g/mol. The first kappa shape index (κ1) is 11.9. The summed E-state index contributed by atoms with van der Waals surface area (Å²) in [5, 5.41) is 2.95. The van der Waals surface area contributed by atoms with Gasteiger partial charge in [0.05, 0.1) is 5.69 Å². The average molecular weight is 215 g/mol. The van der Waals surface area contributed by atoms with Crippen molar-refractivity contribution in [2.75, 3.05) is 19.0 Å². The lowest BCUT2D eigenvalue weighted by molar-refractivity contribution is 0.191. The van der Waals surface area contributed by atoms with E-state index < -0.39 is 11.6 Å². The second-order valence-electron chi connectivity index (χ2n) is 3.45. The molecule has 1 N–H and O–H groups in total. The molecule has 1 aromatic rings. The molecule has 15 heavy (non-hydrogen) atoms. The van der Waals surface area contributed by atoms with Crippen LogP contribution in [-0.2, 0) is 4.74 Å². The van der Waals surface area contributed by atoms with Crippen LogP contribution in [0.1, 0.15) is 13.3 Å². The fourth-order valence-corrected chi connectivity index (χ4v) is 1.24.